The van der Waals surface area contributed by atoms with Crippen LogP contribution >= 0.6 is 0 Å². The maximum absolute atomic E-state index is 12.6. The first-order chi connectivity index (χ1) is 9.02. The molecule has 1 amide bonds. The summed E-state index contributed by atoms with van der Waals surface area (Å²) >= 11 is 0. The number of carbonyl (C=O) groups is 2. The summed E-state index contributed by atoms with van der Waals surface area (Å²) in [5.74, 6) is -1.15. The van der Waals surface area contributed by atoms with Gasteiger partial charge in [-0.2, -0.15) is 5.10 Å². The number of hydrogen-bond acceptors (Lipinski definition) is 3. The minimum atomic E-state index is -0.922. The number of hydrogen-bond donors (Lipinski definition) is 2. The normalized spacial score (nSPS) is 20.1. The van der Waals surface area contributed by atoms with Crippen molar-refractivity contribution in [3.05, 3.63) is 17.0 Å². The lowest BCUT2D eigenvalue weighted by Gasteiger charge is -2.27. The molecule has 6 heteroatoms. The molecule has 1 atom stereocenters. The third kappa shape index (κ3) is 2.62. The average molecular weight is 265 g/mol. The maximum atomic E-state index is 12.6. The van der Waals surface area contributed by atoms with Crippen molar-refractivity contribution in [2.45, 2.75) is 45.6 Å². The van der Waals surface area contributed by atoms with Crippen LogP contribution in [0.1, 0.15) is 47.4 Å². The standard InChI is InChI=1S/C13H19N3O3/c1-8-11(9(2)15-14-8)12(17)16-7-5-3-4-6-10(16)13(18)19/h10H,3-7H2,1-2H3,(H,14,15)(H,18,19). The number of amides is 1. The van der Waals surface area contributed by atoms with Crippen LogP contribution in [0.5, 0.6) is 0 Å². The number of aryl methyl sites for hydroxylation is 2. The summed E-state index contributed by atoms with van der Waals surface area (Å²) in [6.45, 7) is 4.03. The molecular weight excluding hydrogens is 246 g/mol. The van der Waals surface area contributed by atoms with Crippen LogP contribution in [0.25, 0.3) is 0 Å². The zero-order valence-corrected chi connectivity index (χ0v) is 11.3. The number of carboxylic acids is 1. The number of aromatic amines is 1. The van der Waals surface area contributed by atoms with Crippen LogP contribution in [0.15, 0.2) is 0 Å². The van der Waals surface area contributed by atoms with E-state index in [0.717, 1.165) is 19.3 Å². The largest absolute Gasteiger partial charge is 0.480 e. The van der Waals surface area contributed by atoms with Gasteiger partial charge in [-0.15, -0.1) is 0 Å². The zero-order valence-electron chi connectivity index (χ0n) is 11.3. The van der Waals surface area contributed by atoms with E-state index < -0.39 is 12.0 Å². The summed E-state index contributed by atoms with van der Waals surface area (Å²) in [4.78, 5) is 25.4. The molecule has 1 saturated heterocycles. The molecule has 6 nitrogen and oxygen atoms in total. The van der Waals surface area contributed by atoms with Gasteiger partial charge in [0.2, 0.25) is 0 Å². The predicted molar refractivity (Wildman–Crippen MR) is 69.0 cm³/mol. The molecule has 1 aliphatic rings. The highest BCUT2D eigenvalue weighted by molar-refractivity contribution is 5.98. The molecule has 2 rings (SSSR count). The molecule has 0 saturated carbocycles. The molecule has 0 radical (unpaired) electrons. The fourth-order valence-corrected chi connectivity index (χ4v) is 2.62. The first kappa shape index (κ1) is 13.6. The molecule has 0 aliphatic carbocycles. The number of H-pyrrole nitrogens is 1. The van der Waals surface area contributed by atoms with Gasteiger partial charge in [0.1, 0.15) is 6.04 Å². The van der Waals surface area contributed by atoms with Crippen LogP contribution in [0, 0.1) is 13.8 Å². The quantitative estimate of drug-likeness (QED) is 0.848. The summed E-state index contributed by atoms with van der Waals surface area (Å²) in [7, 11) is 0. The Kier molecular flexibility index (Phi) is 3.87. The van der Waals surface area contributed by atoms with Crippen molar-refractivity contribution in [2.24, 2.45) is 0 Å². The summed E-state index contributed by atoms with van der Waals surface area (Å²) in [5, 5.41) is 16.1. The second kappa shape index (κ2) is 5.42. The predicted octanol–water partition coefficient (Wildman–Crippen LogP) is 1.50. The zero-order chi connectivity index (χ0) is 14.0. The van der Waals surface area contributed by atoms with E-state index in [2.05, 4.69) is 10.2 Å². The van der Waals surface area contributed by atoms with Crippen molar-refractivity contribution in [2.75, 3.05) is 6.54 Å². The first-order valence-electron chi connectivity index (χ1n) is 6.57. The molecule has 2 N–H and O–H groups in total. The molecule has 1 aromatic rings. The highest BCUT2D eigenvalue weighted by Gasteiger charge is 2.33. The Labute approximate surface area is 111 Å². The topological polar surface area (TPSA) is 86.3 Å². The van der Waals surface area contributed by atoms with Gasteiger partial charge in [0, 0.05) is 12.2 Å². The van der Waals surface area contributed by atoms with Gasteiger partial charge in [-0.3, -0.25) is 9.89 Å². The Morgan fingerprint density at radius 3 is 2.63 bits per heavy atom. The van der Waals surface area contributed by atoms with Crippen LogP contribution in [0.3, 0.4) is 0 Å². The molecule has 1 aromatic heterocycles. The van der Waals surface area contributed by atoms with Crippen LogP contribution in [-0.2, 0) is 4.79 Å². The van der Waals surface area contributed by atoms with E-state index in [4.69, 9.17) is 0 Å². The van der Waals surface area contributed by atoms with E-state index in [1.165, 1.54) is 4.90 Å². The SMILES string of the molecule is Cc1n[nH]c(C)c1C(=O)N1CCCCCC1C(=O)O. The molecule has 0 spiro atoms. The van der Waals surface area contributed by atoms with Crippen LogP contribution < -0.4 is 0 Å². The lowest BCUT2D eigenvalue weighted by molar-refractivity contribution is -0.142. The van der Waals surface area contributed by atoms with E-state index in [9.17, 15) is 14.7 Å². The Morgan fingerprint density at radius 1 is 1.32 bits per heavy atom. The summed E-state index contributed by atoms with van der Waals surface area (Å²) in [5.41, 5.74) is 1.82. The van der Waals surface area contributed by atoms with Crippen LogP contribution in [0.4, 0.5) is 0 Å². The molecule has 1 unspecified atom stereocenters. The Bertz CT molecular complexity index is 476. The van der Waals surface area contributed by atoms with Crippen LogP contribution in [-0.4, -0.2) is 44.7 Å². The van der Waals surface area contributed by atoms with Gasteiger partial charge in [-0.25, -0.2) is 4.79 Å². The minimum absolute atomic E-state index is 0.224. The Balaban J connectivity index is 2.31. The first-order valence-corrected chi connectivity index (χ1v) is 6.57. The number of likely N-dealkylation sites (tertiary alicyclic amines) is 1. The van der Waals surface area contributed by atoms with Gasteiger partial charge in [-0.1, -0.05) is 12.8 Å². The van der Waals surface area contributed by atoms with Crippen molar-refractivity contribution in [1.29, 1.82) is 0 Å². The number of nitrogens with one attached hydrogen (secondary N) is 1. The smallest absolute Gasteiger partial charge is 0.326 e. The maximum Gasteiger partial charge on any atom is 0.326 e. The highest BCUT2D eigenvalue weighted by atomic mass is 16.4. The van der Waals surface area contributed by atoms with Gasteiger partial charge < -0.3 is 10.0 Å². The lowest BCUT2D eigenvalue weighted by atomic mass is 10.1. The molecule has 19 heavy (non-hydrogen) atoms. The summed E-state index contributed by atoms with van der Waals surface area (Å²) in [6.07, 6.45) is 3.20. The number of aliphatic carboxylic acids is 1. The number of carboxylic acid groups (broad SMARTS) is 1. The van der Waals surface area contributed by atoms with E-state index in [1.54, 1.807) is 13.8 Å². The van der Waals surface area contributed by atoms with E-state index in [-0.39, 0.29) is 5.91 Å². The molecule has 0 bridgehead atoms. The fourth-order valence-electron chi connectivity index (χ4n) is 2.62. The van der Waals surface area contributed by atoms with Crippen molar-refractivity contribution < 1.29 is 14.7 Å². The number of rotatable bonds is 2. The van der Waals surface area contributed by atoms with Gasteiger partial charge in [0.25, 0.3) is 5.91 Å². The monoisotopic (exact) mass is 265 g/mol. The van der Waals surface area contributed by atoms with E-state index in [1.807, 2.05) is 0 Å². The fraction of sp³-hybridized carbons (Fsp3) is 0.615. The average Bonchev–Trinajstić information content (AvgIpc) is 2.58. The van der Waals surface area contributed by atoms with E-state index in [0.29, 0.717) is 29.9 Å². The Morgan fingerprint density at radius 2 is 2.05 bits per heavy atom. The van der Waals surface area contributed by atoms with Crippen molar-refractivity contribution >= 4 is 11.9 Å². The van der Waals surface area contributed by atoms with Crippen molar-refractivity contribution in [1.82, 2.24) is 15.1 Å². The third-order valence-corrected chi connectivity index (χ3v) is 3.64. The molecule has 104 valence electrons. The van der Waals surface area contributed by atoms with Gasteiger partial charge in [0.05, 0.1) is 11.3 Å². The van der Waals surface area contributed by atoms with Gasteiger partial charge in [-0.05, 0) is 26.7 Å². The second-order valence-corrected chi connectivity index (χ2v) is 5.01. The summed E-state index contributed by atoms with van der Waals surface area (Å²) in [6, 6.07) is -0.719. The lowest BCUT2D eigenvalue weighted by Crippen LogP contribution is -2.45. The Hall–Kier alpha value is -1.85. The minimum Gasteiger partial charge on any atom is -0.480 e. The van der Waals surface area contributed by atoms with Crippen molar-refractivity contribution in [3.63, 3.8) is 0 Å². The molecule has 1 fully saturated rings. The van der Waals surface area contributed by atoms with Crippen molar-refractivity contribution in [3.8, 4) is 0 Å². The highest BCUT2D eigenvalue weighted by Crippen LogP contribution is 2.21. The second-order valence-electron chi connectivity index (χ2n) is 5.01. The molecule has 2 heterocycles. The molecule has 1 aliphatic heterocycles. The summed E-state index contributed by atoms with van der Waals surface area (Å²) < 4.78 is 0. The molecular formula is C13H19N3O3. The van der Waals surface area contributed by atoms with E-state index >= 15 is 0 Å². The van der Waals surface area contributed by atoms with Crippen LogP contribution in [0.2, 0.25) is 0 Å². The number of aromatic nitrogens is 2. The van der Waals surface area contributed by atoms with Gasteiger partial charge in [0.15, 0.2) is 0 Å². The molecule has 0 aromatic carbocycles. The van der Waals surface area contributed by atoms with Gasteiger partial charge >= 0.3 is 5.97 Å². The third-order valence-electron chi connectivity index (χ3n) is 3.64. The number of nitrogens with zero attached hydrogens (tertiary/aromatic N) is 2. The number of carbonyl (C=O) groups excluding carboxylic acids is 1.